The van der Waals surface area contributed by atoms with Gasteiger partial charge in [-0.1, -0.05) is 25.0 Å². The molecule has 2 saturated carbocycles. The van der Waals surface area contributed by atoms with Crippen LogP contribution in [0.4, 0.5) is 0 Å². The van der Waals surface area contributed by atoms with E-state index in [4.69, 9.17) is 0 Å². The number of rotatable bonds is 1. The predicted octanol–water partition coefficient (Wildman–Crippen LogP) is 4.66. The van der Waals surface area contributed by atoms with Crippen molar-refractivity contribution in [2.24, 2.45) is 28.6 Å². The molecule has 0 bridgehead atoms. The van der Waals surface area contributed by atoms with Crippen molar-refractivity contribution in [1.82, 2.24) is 0 Å². The van der Waals surface area contributed by atoms with E-state index in [9.17, 15) is 9.90 Å². The Morgan fingerprint density at radius 2 is 1.87 bits per heavy atom. The number of hydrogen-bond acceptors (Lipinski definition) is 2. The van der Waals surface area contributed by atoms with Gasteiger partial charge in [-0.25, -0.2) is 0 Å². The smallest absolute Gasteiger partial charge is 0.133 e. The molecule has 0 aromatic carbocycles. The van der Waals surface area contributed by atoms with E-state index in [-0.39, 0.29) is 11.5 Å². The van der Waals surface area contributed by atoms with Crippen LogP contribution in [0, 0.1) is 28.6 Å². The highest BCUT2D eigenvalue weighted by atomic mass is 16.3. The number of ketones is 1. The van der Waals surface area contributed by atoms with Gasteiger partial charge in [0.15, 0.2) is 0 Å². The zero-order valence-corrected chi connectivity index (χ0v) is 15.0. The minimum atomic E-state index is -0.0716. The number of aliphatic hydroxyl groups is 1. The van der Waals surface area contributed by atoms with Gasteiger partial charge in [0.2, 0.25) is 0 Å². The molecule has 4 aliphatic rings. The number of carbonyl (C=O) groups is 1. The van der Waals surface area contributed by atoms with Crippen LogP contribution in [0.5, 0.6) is 0 Å². The molecule has 0 heterocycles. The topological polar surface area (TPSA) is 37.3 Å². The van der Waals surface area contributed by atoms with Crippen molar-refractivity contribution < 1.29 is 9.90 Å². The Balaban J connectivity index is 1.71. The van der Waals surface area contributed by atoms with E-state index in [0.717, 1.165) is 25.7 Å². The Morgan fingerprint density at radius 1 is 1.09 bits per heavy atom. The van der Waals surface area contributed by atoms with E-state index in [1.807, 2.05) is 6.92 Å². The van der Waals surface area contributed by atoms with Crippen LogP contribution in [0.3, 0.4) is 0 Å². The zero-order chi connectivity index (χ0) is 16.4. The molecule has 0 aromatic heterocycles. The summed E-state index contributed by atoms with van der Waals surface area (Å²) in [5.74, 6) is 2.05. The van der Waals surface area contributed by atoms with Crippen LogP contribution in [-0.4, -0.2) is 17.0 Å². The molecule has 0 spiro atoms. The maximum atomic E-state index is 12.1. The molecule has 4 unspecified atom stereocenters. The molecule has 1 N–H and O–H groups in total. The van der Waals surface area contributed by atoms with Crippen molar-refractivity contribution in [2.75, 3.05) is 0 Å². The lowest BCUT2D eigenvalue weighted by molar-refractivity contribution is -0.124. The zero-order valence-electron chi connectivity index (χ0n) is 15.0. The molecule has 0 radical (unpaired) electrons. The third-order valence-electron chi connectivity index (χ3n) is 8.45. The van der Waals surface area contributed by atoms with E-state index < -0.39 is 0 Å². The molecule has 2 heteroatoms. The molecule has 23 heavy (non-hydrogen) atoms. The number of aliphatic hydroxyl groups excluding tert-OH is 1. The Kier molecular flexibility index (Phi) is 3.58. The normalized spacial score (nSPS) is 49.4. The first-order valence-corrected chi connectivity index (χ1v) is 9.77. The lowest BCUT2D eigenvalue weighted by Gasteiger charge is -2.54. The fourth-order valence-corrected chi connectivity index (χ4v) is 7.11. The van der Waals surface area contributed by atoms with Crippen LogP contribution >= 0.6 is 0 Å². The lowest BCUT2D eigenvalue weighted by Crippen LogP contribution is -2.45. The van der Waals surface area contributed by atoms with Crippen LogP contribution < -0.4 is 0 Å². The summed E-state index contributed by atoms with van der Waals surface area (Å²) in [6.45, 7) is 6.70. The van der Waals surface area contributed by atoms with E-state index in [1.54, 1.807) is 11.1 Å². The molecule has 128 valence electrons. The summed E-state index contributed by atoms with van der Waals surface area (Å²) in [5.41, 5.74) is 4.06. The number of fused-ring (bicyclic) bond motifs is 4. The third kappa shape index (κ3) is 2.13. The first-order chi connectivity index (χ1) is 10.9. The van der Waals surface area contributed by atoms with Gasteiger partial charge in [0.25, 0.3) is 0 Å². The van der Waals surface area contributed by atoms with Crippen LogP contribution in [-0.2, 0) is 4.79 Å². The summed E-state index contributed by atoms with van der Waals surface area (Å²) < 4.78 is 0. The van der Waals surface area contributed by atoms with Crippen LogP contribution in [0.2, 0.25) is 0 Å². The van der Waals surface area contributed by atoms with Gasteiger partial charge in [-0.2, -0.15) is 0 Å². The van der Waals surface area contributed by atoms with E-state index >= 15 is 0 Å². The minimum absolute atomic E-state index is 0.0716. The number of carbonyl (C=O) groups excluding carboxylic acids is 1. The van der Waals surface area contributed by atoms with Crippen molar-refractivity contribution in [3.8, 4) is 0 Å². The van der Waals surface area contributed by atoms with Gasteiger partial charge < -0.3 is 5.11 Å². The molecule has 0 saturated heterocycles. The second-order valence-electron chi connectivity index (χ2n) is 9.38. The van der Waals surface area contributed by atoms with Crippen LogP contribution in [0.1, 0.15) is 78.6 Å². The summed E-state index contributed by atoms with van der Waals surface area (Å²) in [6, 6.07) is 0. The molecule has 0 aromatic rings. The number of hydrogen-bond donors (Lipinski definition) is 1. The molecule has 0 aliphatic heterocycles. The fraction of sp³-hybridized carbons (Fsp3) is 0.857. The summed E-state index contributed by atoms with van der Waals surface area (Å²) in [4.78, 5) is 12.1. The summed E-state index contributed by atoms with van der Waals surface area (Å²) in [7, 11) is 0. The fourth-order valence-electron chi connectivity index (χ4n) is 7.11. The van der Waals surface area contributed by atoms with Crippen molar-refractivity contribution in [3.05, 3.63) is 11.1 Å². The highest BCUT2D eigenvalue weighted by Gasteiger charge is 2.55. The van der Waals surface area contributed by atoms with E-state index in [0.29, 0.717) is 29.0 Å². The molecular weight excluding hydrogens is 284 g/mol. The quantitative estimate of drug-likeness (QED) is 0.714. The Bertz CT molecular complexity index is 562. The van der Waals surface area contributed by atoms with Crippen molar-refractivity contribution >= 4 is 5.78 Å². The average Bonchev–Trinajstić information content (AvgIpc) is 2.85. The Labute approximate surface area is 140 Å². The standard InChI is InChI=1S/C21H32O2/c1-13(22)17-6-7-18-16-5-4-14-12-15(23)8-10-20(14,2)19(16)9-11-21(17,18)3/h14-15,17-18,23H,4-12H2,1-3H3/t14-,15-,17?,18?,20?,21?/m1/s1. The maximum Gasteiger partial charge on any atom is 0.133 e. The molecule has 0 amide bonds. The molecule has 4 aliphatic carbocycles. The van der Waals surface area contributed by atoms with Crippen molar-refractivity contribution in [3.63, 3.8) is 0 Å². The second kappa shape index (κ2) is 5.18. The van der Waals surface area contributed by atoms with E-state index in [2.05, 4.69) is 13.8 Å². The lowest BCUT2D eigenvalue weighted by atomic mass is 9.51. The first-order valence-electron chi connectivity index (χ1n) is 9.77. The van der Waals surface area contributed by atoms with Gasteiger partial charge in [0.05, 0.1) is 6.10 Å². The van der Waals surface area contributed by atoms with Gasteiger partial charge in [0.1, 0.15) is 5.78 Å². The third-order valence-corrected chi connectivity index (χ3v) is 8.45. The molecule has 4 rings (SSSR count). The van der Waals surface area contributed by atoms with Gasteiger partial charge >= 0.3 is 0 Å². The highest BCUT2D eigenvalue weighted by molar-refractivity contribution is 5.79. The number of Topliss-reactive ketones (excluding diaryl/α,β-unsaturated/α-hetero) is 1. The molecular formula is C21H32O2. The predicted molar refractivity (Wildman–Crippen MR) is 92.0 cm³/mol. The molecule has 2 fully saturated rings. The summed E-state index contributed by atoms with van der Waals surface area (Å²) >= 11 is 0. The summed E-state index contributed by atoms with van der Waals surface area (Å²) in [6.07, 6.45) is 10.3. The summed E-state index contributed by atoms with van der Waals surface area (Å²) in [5, 5.41) is 10.1. The van der Waals surface area contributed by atoms with Crippen LogP contribution in [0.25, 0.3) is 0 Å². The first kappa shape index (κ1) is 15.9. The number of allylic oxidation sites excluding steroid dienone is 2. The van der Waals surface area contributed by atoms with Crippen molar-refractivity contribution in [2.45, 2.75) is 84.7 Å². The SMILES string of the molecule is CC(=O)C1CCC2C3=C(CCC12C)C1(C)CC[C@@H](O)C[C@H]1CC3. The van der Waals surface area contributed by atoms with Gasteiger partial charge in [-0.15, -0.1) is 0 Å². The Morgan fingerprint density at radius 3 is 2.61 bits per heavy atom. The largest absolute Gasteiger partial charge is 0.393 e. The van der Waals surface area contributed by atoms with Crippen LogP contribution in [0.15, 0.2) is 11.1 Å². The Hall–Kier alpha value is -0.630. The monoisotopic (exact) mass is 316 g/mol. The van der Waals surface area contributed by atoms with E-state index in [1.165, 1.54) is 32.1 Å². The van der Waals surface area contributed by atoms with Crippen molar-refractivity contribution in [1.29, 1.82) is 0 Å². The second-order valence-corrected chi connectivity index (χ2v) is 9.38. The molecule has 6 atom stereocenters. The minimum Gasteiger partial charge on any atom is -0.393 e. The van der Waals surface area contributed by atoms with Gasteiger partial charge in [-0.05, 0) is 87.4 Å². The highest BCUT2D eigenvalue weighted by Crippen LogP contribution is 2.64. The van der Waals surface area contributed by atoms with Gasteiger partial charge in [-0.3, -0.25) is 4.79 Å². The van der Waals surface area contributed by atoms with Gasteiger partial charge in [0, 0.05) is 5.92 Å². The molecule has 2 nitrogen and oxygen atoms in total. The maximum absolute atomic E-state index is 12.1. The average molecular weight is 316 g/mol.